The van der Waals surface area contributed by atoms with Crippen LogP contribution in [0, 0.1) is 6.92 Å². The van der Waals surface area contributed by atoms with Crippen LogP contribution in [-0.2, 0) is 6.61 Å². The fourth-order valence-corrected chi connectivity index (χ4v) is 2.90. The van der Waals surface area contributed by atoms with Crippen molar-refractivity contribution in [3.05, 3.63) is 70.2 Å². The van der Waals surface area contributed by atoms with Crippen LogP contribution in [0.15, 0.2) is 53.9 Å². The molecule has 2 aromatic carbocycles. The molecule has 128 valence electrons. The first-order valence-corrected chi connectivity index (χ1v) is 8.62. The summed E-state index contributed by atoms with van der Waals surface area (Å²) in [5.41, 5.74) is 2.02. The van der Waals surface area contributed by atoms with Gasteiger partial charge in [0, 0.05) is 10.9 Å². The van der Waals surface area contributed by atoms with Gasteiger partial charge in [-0.1, -0.05) is 18.2 Å². The number of methoxy groups -OCH3 is 1. The first-order chi connectivity index (χ1) is 12.2. The molecule has 0 unspecified atom stereocenters. The summed E-state index contributed by atoms with van der Waals surface area (Å²) in [7, 11) is 1.57. The van der Waals surface area contributed by atoms with E-state index in [0.717, 1.165) is 10.7 Å². The number of carbonyl (C=O) groups is 1. The highest BCUT2D eigenvalue weighted by molar-refractivity contribution is 7.09. The molecule has 1 heterocycles. The minimum atomic E-state index is -0.223. The number of nitrogens with zero attached hydrogens (tertiary/aromatic N) is 1. The predicted octanol–water partition coefficient (Wildman–Crippen LogP) is 4.29. The Morgan fingerprint density at radius 2 is 2.04 bits per heavy atom. The van der Waals surface area contributed by atoms with Gasteiger partial charge in [0.05, 0.1) is 23.5 Å². The molecule has 0 radical (unpaired) electrons. The van der Waals surface area contributed by atoms with Gasteiger partial charge < -0.3 is 14.8 Å². The van der Waals surface area contributed by atoms with Crippen LogP contribution in [0.5, 0.6) is 11.5 Å². The molecule has 3 aromatic rings. The van der Waals surface area contributed by atoms with E-state index in [1.54, 1.807) is 48.8 Å². The molecule has 5 nitrogen and oxygen atoms in total. The molecule has 0 bridgehead atoms. The van der Waals surface area contributed by atoms with E-state index in [-0.39, 0.29) is 5.91 Å². The van der Waals surface area contributed by atoms with Crippen molar-refractivity contribution >= 4 is 22.9 Å². The first-order valence-electron chi connectivity index (χ1n) is 7.74. The number of nitrogens with one attached hydrogen (secondary N) is 1. The summed E-state index contributed by atoms with van der Waals surface area (Å²) in [6, 6.07) is 14.3. The number of ether oxygens (including phenoxy) is 2. The molecule has 0 saturated carbocycles. The molecule has 0 atom stereocenters. The normalized spacial score (nSPS) is 10.3. The smallest absolute Gasteiger partial charge is 0.255 e. The fourth-order valence-electron chi connectivity index (χ4n) is 2.30. The zero-order valence-electron chi connectivity index (χ0n) is 14.0. The van der Waals surface area contributed by atoms with E-state index in [2.05, 4.69) is 10.3 Å². The summed E-state index contributed by atoms with van der Waals surface area (Å²) in [5, 5.41) is 5.82. The molecule has 0 spiro atoms. The Morgan fingerprint density at radius 1 is 1.20 bits per heavy atom. The van der Waals surface area contributed by atoms with Gasteiger partial charge in [-0.2, -0.15) is 0 Å². The van der Waals surface area contributed by atoms with Gasteiger partial charge >= 0.3 is 0 Å². The van der Waals surface area contributed by atoms with E-state index < -0.39 is 0 Å². The number of hydrogen-bond acceptors (Lipinski definition) is 5. The summed E-state index contributed by atoms with van der Waals surface area (Å²) in [5.74, 6) is 1.01. The van der Waals surface area contributed by atoms with Crippen LogP contribution >= 0.6 is 11.3 Å². The summed E-state index contributed by atoms with van der Waals surface area (Å²) < 4.78 is 11.0. The zero-order chi connectivity index (χ0) is 17.6. The largest absolute Gasteiger partial charge is 0.495 e. The Morgan fingerprint density at radius 3 is 2.80 bits per heavy atom. The molecule has 0 aliphatic rings. The predicted molar refractivity (Wildman–Crippen MR) is 98.6 cm³/mol. The molecule has 0 saturated heterocycles. The highest BCUT2D eigenvalue weighted by Crippen LogP contribution is 2.24. The SMILES string of the molecule is COc1ccccc1NC(=O)c1cccc(OCc2csc(C)n2)c1. The van der Waals surface area contributed by atoms with Crippen molar-refractivity contribution in [2.75, 3.05) is 12.4 Å². The number of aromatic nitrogens is 1. The average molecular weight is 354 g/mol. The second kappa shape index (κ2) is 7.81. The third kappa shape index (κ3) is 4.36. The Balaban J connectivity index is 1.68. The summed E-state index contributed by atoms with van der Waals surface area (Å²) in [4.78, 5) is 16.8. The second-order valence-electron chi connectivity index (χ2n) is 5.33. The fraction of sp³-hybridized carbons (Fsp3) is 0.158. The number of amides is 1. The van der Waals surface area contributed by atoms with Gasteiger partial charge in [0.15, 0.2) is 0 Å². The van der Waals surface area contributed by atoms with Gasteiger partial charge in [-0.15, -0.1) is 11.3 Å². The van der Waals surface area contributed by atoms with E-state index in [4.69, 9.17) is 9.47 Å². The lowest BCUT2D eigenvalue weighted by molar-refractivity contribution is 0.102. The molecular formula is C19H18N2O3S. The maximum Gasteiger partial charge on any atom is 0.255 e. The van der Waals surface area contributed by atoms with Crippen molar-refractivity contribution < 1.29 is 14.3 Å². The Hall–Kier alpha value is -2.86. The lowest BCUT2D eigenvalue weighted by Crippen LogP contribution is -2.12. The topological polar surface area (TPSA) is 60.5 Å². The number of thiazole rings is 1. The third-order valence-corrected chi connectivity index (χ3v) is 4.33. The van der Waals surface area contributed by atoms with Crippen LogP contribution in [0.4, 0.5) is 5.69 Å². The maximum absolute atomic E-state index is 12.5. The minimum absolute atomic E-state index is 0.223. The average Bonchev–Trinajstić information content (AvgIpc) is 3.06. The standard InChI is InChI=1S/C19H18N2O3S/c1-13-20-15(12-25-13)11-24-16-7-5-6-14(10-16)19(22)21-17-8-3-4-9-18(17)23-2/h3-10,12H,11H2,1-2H3,(H,21,22). The minimum Gasteiger partial charge on any atom is -0.495 e. The lowest BCUT2D eigenvalue weighted by atomic mass is 10.2. The van der Waals surface area contributed by atoms with Gasteiger partial charge in [0.1, 0.15) is 18.1 Å². The molecule has 0 aliphatic heterocycles. The Labute approximate surface area is 150 Å². The van der Waals surface area contributed by atoms with Crippen LogP contribution in [0.2, 0.25) is 0 Å². The number of benzene rings is 2. The van der Waals surface area contributed by atoms with E-state index >= 15 is 0 Å². The summed E-state index contributed by atoms with van der Waals surface area (Å²) in [6.45, 7) is 2.33. The van der Waals surface area contributed by atoms with Gasteiger partial charge in [-0.05, 0) is 37.3 Å². The van der Waals surface area contributed by atoms with Crippen molar-refractivity contribution in [2.45, 2.75) is 13.5 Å². The van der Waals surface area contributed by atoms with E-state index in [0.29, 0.717) is 29.4 Å². The van der Waals surface area contributed by atoms with E-state index in [1.165, 1.54) is 0 Å². The molecule has 0 aliphatic carbocycles. The number of rotatable bonds is 6. The van der Waals surface area contributed by atoms with Crippen molar-refractivity contribution in [3.63, 3.8) is 0 Å². The molecule has 1 aromatic heterocycles. The second-order valence-corrected chi connectivity index (χ2v) is 6.39. The number of anilines is 1. The number of carbonyl (C=O) groups excluding carboxylic acids is 1. The quantitative estimate of drug-likeness (QED) is 0.717. The van der Waals surface area contributed by atoms with Crippen LogP contribution in [0.1, 0.15) is 21.1 Å². The number of para-hydroxylation sites is 2. The van der Waals surface area contributed by atoms with Crippen LogP contribution in [0.3, 0.4) is 0 Å². The lowest BCUT2D eigenvalue weighted by Gasteiger charge is -2.10. The Kier molecular flexibility index (Phi) is 5.30. The van der Waals surface area contributed by atoms with Crippen molar-refractivity contribution in [3.8, 4) is 11.5 Å². The highest BCUT2D eigenvalue weighted by atomic mass is 32.1. The number of hydrogen-bond donors (Lipinski definition) is 1. The van der Waals surface area contributed by atoms with Gasteiger partial charge in [0.25, 0.3) is 5.91 Å². The van der Waals surface area contributed by atoms with E-state index in [9.17, 15) is 4.79 Å². The molecule has 3 rings (SSSR count). The molecule has 6 heteroatoms. The zero-order valence-corrected chi connectivity index (χ0v) is 14.8. The van der Waals surface area contributed by atoms with Gasteiger partial charge in [-0.25, -0.2) is 4.98 Å². The number of aryl methyl sites for hydroxylation is 1. The summed E-state index contributed by atoms with van der Waals surface area (Å²) >= 11 is 1.59. The molecule has 25 heavy (non-hydrogen) atoms. The van der Waals surface area contributed by atoms with E-state index in [1.807, 2.05) is 30.5 Å². The van der Waals surface area contributed by atoms with Crippen LogP contribution in [-0.4, -0.2) is 18.0 Å². The first kappa shape index (κ1) is 17.0. The summed E-state index contributed by atoms with van der Waals surface area (Å²) in [6.07, 6.45) is 0. The van der Waals surface area contributed by atoms with Crippen molar-refractivity contribution in [1.29, 1.82) is 0 Å². The molecule has 1 N–H and O–H groups in total. The molecular weight excluding hydrogens is 336 g/mol. The molecule has 1 amide bonds. The van der Waals surface area contributed by atoms with Gasteiger partial charge in [0.2, 0.25) is 0 Å². The van der Waals surface area contributed by atoms with Gasteiger partial charge in [-0.3, -0.25) is 4.79 Å². The highest BCUT2D eigenvalue weighted by Gasteiger charge is 2.10. The molecule has 0 fully saturated rings. The monoisotopic (exact) mass is 354 g/mol. The van der Waals surface area contributed by atoms with Crippen molar-refractivity contribution in [1.82, 2.24) is 4.98 Å². The third-order valence-electron chi connectivity index (χ3n) is 3.50. The maximum atomic E-state index is 12.5. The van der Waals surface area contributed by atoms with Crippen molar-refractivity contribution in [2.24, 2.45) is 0 Å². The Bertz CT molecular complexity index is 876. The van der Waals surface area contributed by atoms with Crippen LogP contribution < -0.4 is 14.8 Å². The van der Waals surface area contributed by atoms with Crippen LogP contribution in [0.25, 0.3) is 0 Å².